The number of benzene rings is 1. The van der Waals surface area contributed by atoms with Crippen LogP contribution in [-0.2, 0) is 6.54 Å². The first-order valence-electron chi connectivity index (χ1n) is 10.3. The highest BCUT2D eigenvalue weighted by atomic mass is 35.5. The van der Waals surface area contributed by atoms with Crippen molar-refractivity contribution in [3.63, 3.8) is 0 Å². The summed E-state index contributed by atoms with van der Waals surface area (Å²) in [6.07, 6.45) is 7.99. The summed E-state index contributed by atoms with van der Waals surface area (Å²) in [5, 5.41) is 15.4. The number of H-pyrrole nitrogens is 2. The predicted molar refractivity (Wildman–Crippen MR) is 125 cm³/mol. The smallest absolute Gasteiger partial charge is 0.250 e. The zero-order valence-electron chi connectivity index (χ0n) is 17.9. The number of hydrogen-bond donors (Lipinski definition) is 4. The number of imidazole rings is 1. The van der Waals surface area contributed by atoms with Gasteiger partial charge in [0.1, 0.15) is 11.6 Å². The minimum Gasteiger partial charge on any atom is -0.404 e. The van der Waals surface area contributed by atoms with E-state index in [1.165, 1.54) is 0 Å². The number of fused-ring (bicyclic) bond motifs is 1. The quantitative estimate of drug-likeness (QED) is 0.164. The largest absolute Gasteiger partial charge is 0.404 e. The van der Waals surface area contributed by atoms with Gasteiger partial charge in [-0.2, -0.15) is 4.68 Å². The van der Waals surface area contributed by atoms with Gasteiger partial charge < -0.3 is 10.7 Å². The Morgan fingerprint density at radius 1 is 1.14 bits per heavy atom. The fraction of sp³-hybridized carbons (Fsp3) is 0.0435. The minimum atomic E-state index is -0.928. The third-order valence-corrected chi connectivity index (χ3v) is 5.59. The van der Waals surface area contributed by atoms with Gasteiger partial charge in [0.25, 0.3) is 0 Å². The van der Waals surface area contributed by atoms with E-state index in [-0.39, 0.29) is 21.9 Å². The van der Waals surface area contributed by atoms with Crippen LogP contribution in [-0.4, -0.2) is 36.0 Å². The monoisotopic (exact) mass is 492 g/mol. The van der Waals surface area contributed by atoms with E-state index in [9.17, 15) is 8.78 Å². The summed E-state index contributed by atoms with van der Waals surface area (Å²) in [5.41, 5.74) is 9.17. The lowest BCUT2D eigenvalue weighted by molar-refractivity contribution is -0.746. The van der Waals surface area contributed by atoms with Gasteiger partial charge in [-0.15, -0.1) is 0 Å². The fourth-order valence-electron chi connectivity index (χ4n) is 3.55. The molecular weight excluding hydrogens is 476 g/mol. The summed E-state index contributed by atoms with van der Waals surface area (Å²) in [5.74, 6) is -1.84. The molecule has 0 saturated heterocycles. The summed E-state index contributed by atoms with van der Waals surface area (Å²) < 4.78 is 29.7. The van der Waals surface area contributed by atoms with Crippen LogP contribution in [0.2, 0.25) is 5.02 Å². The molecule has 0 unspecified atom stereocenters. The summed E-state index contributed by atoms with van der Waals surface area (Å²) in [6, 6.07) is 6.82. The van der Waals surface area contributed by atoms with E-state index in [1.54, 1.807) is 41.6 Å². The number of aromatic amines is 2. The van der Waals surface area contributed by atoms with E-state index in [0.717, 1.165) is 18.0 Å². The highest BCUT2D eigenvalue weighted by molar-refractivity contribution is 6.33. The van der Waals surface area contributed by atoms with Gasteiger partial charge >= 0.3 is 0 Å². The SMILES string of the molecule is N=C(/C(=C\N)c1ccc2ncc(-c3c[n+](Cc4cnc[nH]4)[nH]n3)cc2n1)c1cc(Cl)c(F)cc1F. The third-order valence-electron chi connectivity index (χ3n) is 5.30. The van der Waals surface area contributed by atoms with Crippen molar-refractivity contribution < 1.29 is 13.5 Å². The van der Waals surface area contributed by atoms with Crippen molar-refractivity contribution in [1.29, 1.82) is 5.41 Å². The van der Waals surface area contributed by atoms with Crippen LogP contribution in [0, 0.1) is 17.0 Å². The molecule has 0 aliphatic carbocycles. The highest BCUT2D eigenvalue weighted by Gasteiger charge is 2.19. The van der Waals surface area contributed by atoms with Crippen LogP contribution in [0.1, 0.15) is 17.0 Å². The molecule has 5 N–H and O–H groups in total. The molecule has 35 heavy (non-hydrogen) atoms. The molecule has 0 bridgehead atoms. The lowest BCUT2D eigenvalue weighted by atomic mass is 9.99. The molecule has 0 atom stereocenters. The maximum Gasteiger partial charge on any atom is 0.250 e. The molecule has 4 aromatic heterocycles. The average Bonchev–Trinajstić information content (AvgIpc) is 3.54. The number of rotatable bonds is 6. The van der Waals surface area contributed by atoms with E-state index >= 15 is 0 Å². The lowest BCUT2D eigenvalue weighted by Crippen LogP contribution is -2.35. The Kier molecular flexibility index (Phi) is 5.75. The second-order valence-electron chi connectivity index (χ2n) is 7.59. The second-order valence-corrected chi connectivity index (χ2v) is 8.00. The summed E-state index contributed by atoms with van der Waals surface area (Å²) >= 11 is 5.79. The average molecular weight is 493 g/mol. The van der Waals surface area contributed by atoms with Crippen molar-refractivity contribution in [3.05, 3.63) is 95.1 Å². The minimum absolute atomic E-state index is 0.149. The van der Waals surface area contributed by atoms with E-state index in [4.69, 9.17) is 22.7 Å². The number of nitrogens with zero attached hydrogens (tertiary/aromatic N) is 5. The number of allylic oxidation sites excluding steroid dienone is 1. The molecule has 12 heteroatoms. The highest BCUT2D eigenvalue weighted by Crippen LogP contribution is 2.26. The summed E-state index contributed by atoms with van der Waals surface area (Å²) in [4.78, 5) is 16.0. The molecule has 9 nitrogen and oxygen atoms in total. The number of pyridine rings is 2. The first-order valence-corrected chi connectivity index (χ1v) is 10.7. The Hall–Kier alpha value is -4.51. The first kappa shape index (κ1) is 22.3. The molecule has 0 spiro atoms. The van der Waals surface area contributed by atoms with E-state index in [1.807, 2.05) is 6.20 Å². The van der Waals surface area contributed by atoms with Crippen molar-refractivity contribution in [2.75, 3.05) is 0 Å². The molecule has 1 aromatic carbocycles. The molecule has 0 radical (unpaired) electrons. The maximum absolute atomic E-state index is 14.4. The van der Waals surface area contributed by atoms with Crippen LogP contribution < -0.4 is 10.4 Å². The molecule has 174 valence electrons. The van der Waals surface area contributed by atoms with Gasteiger partial charge in [-0.1, -0.05) is 16.8 Å². The van der Waals surface area contributed by atoms with Crippen LogP contribution in [0.5, 0.6) is 0 Å². The summed E-state index contributed by atoms with van der Waals surface area (Å²) in [7, 11) is 0. The molecule has 0 amide bonds. The van der Waals surface area contributed by atoms with Gasteiger partial charge in [-0.05, 0) is 24.3 Å². The van der Waals surface area contributed by atoms with Crippen molar-refractivity contribution in [3.8, 4) is 11.3 Å². The molecule has 0 aliphatic rings. The van der Waals surface area contributed by atoms with Gasteiger partial charge in [-0.3, -0.25) is 10.4 Å². The van der Waals surface area contributed by atoms with Crippen LogP contribution in [0.4, 0.5) is 8.78 Å². The van der Waals surface area contributed by atoms with Gasteiger partial charge in [0.15, 0.2) is 12.7 Å². The normalized spacial score (nSPS) is 11.8. The molecule has 0 saturated carbocycles. The Labute approximate surface area is 201 Å². The van der Waals surface area contributed by atoms with Gasteiger partial charge in [0.05, 0.1) is 51.2 Å². The molecule has 5 rings (SSSR count). The Balaban J connectivity index is 1.47. The first-order chi connectivity index (χ1) is 16.9. The van der Waals surface area contributed by atoms with Crippen molar-refractivity contribution in [2.45, 2.75) is 6.54 Å². The fourth-order valence-corrected chi connectivity index (χ4v) is 3.71. The molecule has 0 fully saturated rings. The Morgan fingerprint density at radius 3 is 2.77 bits per heavy atom. The predicted octanol–water partition coefficient (Wildman–Crippen LogP) is 3.38. The van der Waals surface area contributed by atoms with Crippen molar-refractivity contribution in [2.24, 2.45) is 5.73 Å². The summed E-state index contributed by atoms with van der Waals surface area (Å²) in [6.45, 7) is 0.535. The number of halogens is 3. The maximum atomic E-state index is 14.4. The van der Waals surface area contributed by atoms with Gasteiger partial charge in [-0.25, -0.2) is 18.7 Å². The van der Waals surface area contributed by atoms with E-state index in [0.29, 0.717) is 40.6 Å². The topological polar surface area (TPSA) is 137 Å². The zero-order chi connectivity index (χ0) is 24.5. The van der Waals surface area contributed by atoms with Crippen LogP contribution in [0.15, 0.2) is 61.4 Å². The van der Waals surface area contributed by atoms with Crippen LogP contribution >= 0.6 is 11.6 Å². The number of nitrogens with two attached hydrogens (primary N) is 1. The Morgan fingerprint density at radius 2 is 2.00 bits per heavy atom. The molecular formula is C23H17ClF2N9+. The van der Waals surface area contributed by atoms with Gasteiger partial charge in [0.2, 0.25) is 5.69 Å². The number of hydrogen-bond acceptors (Lipinski definition) is 6. The molecule has 4 heterocycles. The van der Waals surface area contributed by atoms with Crippen molar-refractivity contribution in [1.82, 2.24) is 30.2 Å². The van der Waals surface area contributed by atoms with Crippen LogP contribution in [0.3, 0.4) is 0 Å². The number of nitrogens with one attached hydrogen (secondary N) is 3. The lowest BCUT2D eigenvalue weighted by Gasteiger charge is -2.11. The molecule has 0 aliphatic heterocycles. The Bertz CT molecular complexity index is 1590. The van der Waals surface area contributed by atoms with Crippen molar-refractivity contribution >= 4 is 33.9 Å². The second kappa shape index (κ2) is 9.03. The van der Waals surface area contributed by atoms with E-state index < -0.39 is 11.6 Å². The van der Waals surface area contributed by atoms with Crippen LogP contribution in [0.25, 0.3) is 27.9 Å². The standard InChI is InChI=1S/C23H16ClF2N9/c24-16-4-14(17(25)5-18(16)26)23(28)15(6-27)19-1-2-20-21(32-19)3-12(7-30-20)22-10-35(34-33-22)9-13-8-29-11-31-13/h1-8,10-11H,9H2,(H4,27,28,29,31,32)/p+1. The molecule has 5 aromatic rings. The number of aromatic nitrogens is 7. The third kappa shape index (κ3) is 4.36. The van der Waals surface area contributed by atoms with E-state index in [2.05, 4.69) is 30.2 Å². The zero-order valence-corrected chi connectivity index (χ0v) is 18.7. The van der Waals surface area contributed by atoms with Gasteiger partial charge in [0, 0.05) is 34.7 Å².